The number of benzene rings is 1. The van der Waals surface area contributed by atoms with Gasteiger partial charge in [0.1, 0.15) is 5.54 Å². The van der Waals surface area contributed by atoms with E-state index in [4.69, 9.17) is 0 Å². The van der Waals surface area contributed by atoms with Gasteiger partial charge in [-0.15, -0.1) is 12.4 Å². The molecule has 144 valence electrons. The van der Waals surface area contributed by atoms with Gasteiger partial charge in [-0.25, -0.2) is 0 Å². The van der Waals surface area contributed by atoms with Crippen molar-refractivity contribution in [2.75, 3.05) is 32.0 Å². The van der Waals surface area contributed by atoms with Crippen LogP contribution in [-0.2, 0) is 16.8 Å². The largest absolute Gasteiger partial charge is 0.341 e. The number of halogens is 1. The zero-order chi connectivity index (χ0) is 18.1. The standard InChI is InChI=1S/C19H23N5O2.ClH/c1-23-12-5-14-3-4-15(13-16(14)17(23)25)22-18(26)19(6-9-20-10-7-19)24-11-2-8-21-24;/h2-4,8,11,13,20H,5-7,9-10,12H2,1H3,(H,22,26);1H. The number of likely N-dealkylation sites (N-methyl/N-ethyl adjacent to an activating group) is 1. The second kappa shape index (κ2) is 7.70. The van der Waals surface area contributed by atoms with Gasteiger partial charge in [-0.05, 0) is 56.1 Å². The molecule has 4 rings (SSSR count). The van der Waals surface area contributed by atoms with Gasteiger partial charge < -0.3 is 15.5 Å². The van der Waals surface area contributed by atoms with Crippen molar-refractivity contribution in [1.82, 2.24) is 20.0 Å². The van der Waals surface area contributed by atoms with Crippen LogP contribution in [0.2, 0.25) is 0 Å². The van der Waals surface area contributed by atoms with E-state index in [9.17, 15) is 9.59 Å². The number of fused-ring (bicyclic) bond motifs is 1. The van der Waals surface area contributed by atoms with Crippen molar-refractivity contribution in [2.24, 2.45) is 0 Å². The highest BCUT2D eigenvalue weighted by Crippen LogP contribution is 2.29. The van der Waals surface area contributed by atoms with E-state index < -0.39 is 5.54 Å². The Morgan fingerprint density at radius 2 is 2.07 bits per heavy atom. The van der Waals surface area contributed by atoms with E-state index in [0.29, 0.717) is 24.1 Å². The van der Waals surface area contributed by atoms with Gasteiger partial charge in [0, 0.05) is 37.2 Å². The molecule has 0 saturated carbocycles. The van der Waals surface area contributed by atoms with E-state index in [1.807, 2.05) is 24.4 Å². The molecular weight excluding hydrogens is 366 g/mol. The summed E-state index contributed by atoms with van der Waals surface area (Å²) in [6.07, 6.45) is 5.73. The number of carbonyl (C=O) groups excluding carboxylic acids is 2. The van der Waals surface area contributed by atoms with Crippen molar-refractivity contribution in [2.45, 2.75) is 24.8 Å². The monoisotopic (exact) mass is 389 g/mol. The minimum atomic E-state index is -0.703. The fraction of sp³-hybridized carbons (Fsp3) is 0.421. The summed E-state index contributed by atoms with van der Waals surface area (Å²) >= 11 is 0. The fourth-order valence-electron chi connectivity index (χ4n) is 3.84. The molecule has 0 atom stereocenters. The number of aromatic nitrogens is 2. The van der Waals surface area contributed by atoms with Gasteiger partial charge in [-0.1, -0.05) is 6.07 Å². The second-order valence-electron chi connectivity index (χ2n) is 7.03. The summed E-state index contributed by atoms with van der Waals surface area (Å²) in [4.78, 5) is 27.3. The lowest BCUT2D eigenvalue weighted by Gasteiger charge is -2.36. The van der Waals surface area contributed by atoms with Crippen molar-refractivity contribution < 1.29 is 9.59 Å². The highest BCUT2D eigenvalue weighted by Gasteiger charge is 2.42. The summed E-state index contributed by atoms with van der Waals surface area (Å²) in [5.41, 5.74) is 1.66. The molecule has 27 heavy (non-hydrogen) atoms. The number of anilines is 1. The number of hydrogen-bond donors (Lipinski definition) is 2. The van der Waals surface area contributed by atoms with Crippen LogP contribution < -0.4 is 10.6 Å². The van der Waals surface area contributed by atoms with Gasteiger partial charge in [0.15, 0.2) is 0 Å². The number of nitrogens with one attached hydrogen (secondary N) is 2. The second-order valence-corrected chi connectivity index (χ2v) is 7.03. The molecule has 0 aliphatic carbocycles. The normalized spacial score (nSPS) is 18.4. The van der Waals surface area contributed by atoms with Gasteiger partial charge in [0.05, 0.1) is 0 Å². The molecule has 0 radical (unpaired) electrons. The number of nitrogens with zero attached hydrogens (tertiary/aromatic N) is 3. The average Bonchev–Trinajstić information content (AvgIpc) is 3.21. The Kier molecular flexibility index (Phi) is 5.53. The maximum absolute atomic E-state index is 13.2. The predicted octanol–water partition coefficient (Wildman–Crippen LogP) is 1.65. The summed E-state index contributed by atoms with van der Waals surface area (Å²) in [5, 5.41) is 10.7. The van der Waals surface area contributed by atoms with Crippen molar-refractivity contribution in [3.8, 4) is 0 Å². The first-order chi connectivity index (χ1) is 12.6. The molecule has 2 aliphatic heterocycles. The maximum Gasteiger partial charge on any atom is 0.253 e. The van der Waals surface area contributed by atoms with Crippen LogP contribution in [0, 0.1) is 0 Å². The van der Waals surface area contributed by atoms with Gasteiger partial charge in [-0.2, -0.15) is 5.10 Å². The van der Waals surface area contributed by atoms with Crippen LogP contribution in [0.1, 0.15) is 28.8 Å². The third-order valence-electron chi connectivity index (χ3n) is 5.46. The van der Waals surface area contributed by atoms with E-state index in [1.54, 1.807) is 28.9 Å². The average molecular weight is 390 g/mol. The van der Waals surface area contributed by atoms with Gasteiger partial charge in [0.25, 0.3) is 11.8 Å². The minimum absolute atomic E-state index is 0. The SMILES string of the molecule is CN1CCc2ccc(NC(=O)C3(n4cccn4)CCNCC3)cc2C1=O.Cl. The van der Waals surface area contributed by atoms with E-state index in [-0.39, 0.29) is 24.2 Å². The lowest BCUT2D eigenvalue weighted by atomic mass is 9.87. The molecule has 7 nitrogen and oxygen atoms in total. The molecule has 1 saturated heterocycles. The Balaban J connectivity index is 0.00000210. The first kappa shape index (κ1) is 19.4. The third kappa shape index (κ3) is 3.44. The zero-order valence-corrected chi connectivity index (χ0v) is 16.1. The minimum Gasteiger partial charge on any atom is -0.341 e. The zero-order valence-electron chi connectivity index (χ0n) is 15.3. The summed E-state index contributed by atoms with van der Waals surface area (Å²) in [6.45, 7) is 2.26. The highest BCUT2D eigenvalue weighted by molar-refractivity contribution is 6.00. The smallest absolute Gasteiger partial charge is 0.253 e. The van der Waals surface area contributed by atoms with Crippen LogP contribution in [0.5, 0.6) is 0 Å². The van der Waals surface area contributed by atoms with Crippen LogP contribution in [0.3, 0.4) is 0 Å². The number of carbonyl (C=O) groups is 2. The number of hydrogen-bond acceptors (Lipinski definition) is 4. The highest BCUT2D eigenvalue weighted by atomic mass is 35.5. The van der Waals surface area contributed by atoms with Gasteiger partial charge >= 0.3 is 0 Å². The molecule has 8 heteroatoms. The van der Waals surface area contributed by atoms with E-state index in [0.717, 1.165) is 31.6 Å². The molecule has 0 spiro atoms. The number of amides is 2. The Bertz CT molecular complexity index is 831. The van der Waals surface area contributed by atoms with Crippen molar-refractivity contribution in [1.29, 1.82) is 0 Å². The van der Waals surface area contributed by atoms with Crippen molar-refractivity contribution in [3.63, 3.8) is 0 Å². The molecular formula is C19H24ClN5O2. The Labute approximate surface area is 164 Å². The van der Waals surface area contributed by atoms with E-state index in [2.05, 4.69) is 15.7 Å². The van der Waals surface area contributed by atoms with Crippen LogP contribution in [0.4, 0.5) is 5.69 Å². The van der Waals surface area contributed by atoms with Crippen LogP contribution >= 0.6 is 12.4 Å². The Morgan fingerprint density at radius 1 is 1.30 bits per heavy atom. The summed E-state index contributed by atoms with van der Waals surface area (Å²) in [7, 11) is 1.80. The summed E-state index contributed by atoms with van der Waals surface area (Å²) < 4.78 is 1.76. The molecule has 0 unspecified atom stereocenters. The van der Waals surface area contributed by atoms with Crippen LogP contribution in [0.25, 0.3) is 0 Å². The topological polar surface area (TPSA) is 79.3 Å². The van der Waals surface area contributed by atoms with Crippen LogP contribution in [0.15, 0.2) is 36.7 Å². The lowest BCUT2D eigenvalue weighted by molar-refractivity contribution is -0.126. The fourth-order valence-corrected chi connectivity index (χ4v) is 3.84. The molecule has 0 bridgehead atoms. The Morgan fingerprint density at radius 3 is 2.78 bits per heavy atom. The Hall–Kier alpha value is -2.38. The van der Waals surface area contributed by atoms with Gasteiger partial charge in [0.2, 0.25) is 0 Å². The predicted molar refractivity (Wildman–Crippen MR) is 105 cm³/mol. The molecule has 1 aromatic heterocycles. The first-order valence-electron chi connectivity index (χ1n) is 9.01. The summed E-state index contributed by atoms with van der Waals surface area (Å²) in [5.74, 6) is -0.0785. The molecule has 3 heterocycles. The molecule has 2 N–H and O–H groups in total. The quantitative estimate of drug-likeness (QED) is 0.836. The lowest BCUT2D eigenvalue weighted by Crippen LogP contribution is -2.52. The molecule has 2 aromatic rings. The number of piperidine rings is 1. The molecule has 2 aliphatic rings. The molecule has 1 aromatic carbocycles. The van der Waals surface area contributed by atoms with Crippen molar-refractivity contribution >= 4 is 29.9 Å². The third-order valence-corrected chi connectivity index (χ3v) is 5.46. The molecule has 1 fully saturated rings. The first-order valence-corrected chi connectivity index (χ1v) is 9.01. The maximum atomic E-state index is 13.2. The van der Waals surface area contributed by atoms with Crippen molar-refractivity contribution in [3.05, 3.63) is 47.8 Å². The van der Waals surface area contributed by atoms with Crippen LogP contribution in [-0.4, -0.2) is 53.2 Å². The number of rotatable bonds is 3. The molecule has 2 amide bonds. The van der Waals surface area contributed by atoms with E-state index in [1.165, 1.54) is 0 Å². The van der Waals surface area contributed by atoms with Gasteiger partial charge in [-0.3, -0.25) is 14.3 Å². The summed E-state index contributed by atoms with van der Waals surface area (Å²) in [6, 6.07) is 7.46. The van der Waals surface area contributed by atoms with E-state index >= 15 is 0 Å².